The van der Waals surface area contributed by atoms with Crippen molar-refractivity contribution < 1.29 is 0 Å². The molecule has 1 aliphatic carbocycles. The molecule has 0 N–H and O–H groups in total. The second-order valence-corrected chi connectivity index (χ2v) is 5.50. The molecule has 18 heavy (non-hydrogen) atoms. The van der Waals surface area contributed by atoms with Crippen LogP contribution in [0.2, 0.25) is 10.4 Å². The molecule has 0 bridgehead atoms. The van der Waals surface area contributed by atoms with Crippen LogP contribution in [0.5, 0.6) is 0 Å². The lowest BCUT2D eigenvalue weighted by Crippen LogP contribution is -2.14. The highest BCUT2D eigenvalue weighted by atomic mass is 35.5. The van der Waals surface area contributed by atoms with E-state index in [0.29, 0.717) is 11.2 Å². The van der Waals surface area contributed by atoms with Crippen LogP contribution in [0.1, 0.15) is 43.8 Å². The van der Waals surface area contributed by atoms with E-state index in [9.17, 15) is 0 Å². The van der Waals surface area contributed by atoms with Crippen LogP contribution in [0.3, 0.4) is 0 Å². The Morgan fingerprint density at radius 2 is 1.83 bits per heavy atom. The number of hydrogen-bond acceptors (Lipinski definition) is 3. The number of halogens is 2. The summed E-state index contributed by atoms with van der Waals surface area (Å²) in [6.07, 6.45) is 6.10. The molecule has 0 aromatic carbocycles. The minimum Gasteiger partial charge on any atom is -0.244 e. The van der Waals surface area contributed by atoms with Gasteiger partial charge in [0.2, 0.25) is 5.28 Å². The fraction of sp³-hybridized carbons (Fsp3) is 0.583. The molecule has 4 nitrogen and oxygen atoms in total. The molecule has 0 aliphatic heterocycles. The van der Waals surface area contributed by atoms with Crippen LogP contribution in [0.15, 0.2) is 0 Å². The van der Waals surface area contributed by atoms with E-state index in [4.69, 9.17) is 23.2 Å². The van der Waals surface area contributed by atoms with Crippen LogP contribution in [0, 0.1) is 6.92 Å². The summed E-state index contributed by atoms with van der Waals surface area (Å²) >= 11 is 12.0. The van der Waals surface area contributed by atoms with Crippen LogP contribution < -0.4 is 0 Å². The van der Waals surface area contributed by atoms with Gasteiger partial charge in [-0.25, -0.2) is 9.67 Å². The lowest BCUT2D eigenvalue weighted by Gasteiger charge is -2.22. The fourth-order valence-electron chi connectivity index (χ4n) is 2.71. The van der Waals surface area contributed by atoms with Crippen molar-refractivity contribution in [1.29, 1.82) is 0 Å². The number of aryl methyl sites for hydroxylation is 1. The lowest BCUT2D eigenvalue weighted by atomic mass is 9.96. The molecule has 0 amide bonds. The largest absolute Gasteiger partial charge is 0.244 e. The average molecular weight is 285 g/mol. The molecule has 2 aromatic heterocycles. The zero-order valence-corrected chi connectivity index (χ0v) is 11.7. The zero-order valence-electron chi connectivity index (χ0n) is 10.2. The van der Waals surface area contributed by atoms with E-state index in [0.717, 1.165) is 29.6 Å². The second kappa shape index (κ2) is 4.67. The van der Waals surface area contributed by atoms with Crippen molar-refractivity contribution in [2.24, 2.45) is 0 Å². The highest BCUT2D eigenvalue weighted by Crippen LogP contribution is 2.33. The van der Waals surface area contributed by atoms with Gasteiger partial charge in [0.25, 0.3) is 0 Å². The Hall–Kier alpha value is -0.870. The van der Waals surface area contributed by atoms with Gasteiger partial charge in [-0.1, -0.05) is 30.9 Å². The van der Waals surface area contributed by atoms with Gasteiger partial charge in [-0.15, -0.1) is 0 Å². The van der Waals surface area contributed by atoms with Crippen molar-refractivity contribution >= 4 is 34.2 Å². The third-order valence-corrected chi connectivity index (χ3v) is 4.02. The highest BCUT2D eigenvalue weighted by Gasteiger charge is 2.22. The summed E-state index contributed by atoms with van der Waals surface area (Å²) in [6, 6.07) is 0.414. The molecule has 1 aliphatic rings. The Morgan fingerprint density at radius 1 is 1.11 bits per heavy atom. The Labute approximate surface area is 115 Å². The first-order chi connectivity index (χ1) is 8.66. The summed E-state index contributed by atoms with van der Waals surface area (Å²) in [5.41, 5.74) is 1.64. The molecular weight excluding hydrogens is 271 g/mol. The summed E-state index contributed by atoms with van der Waals surface area (Å²) in [5, 5.41) is 5.99. The van der Waals surface area contributed by atoms with E-state index in [1.54, 1.807) is 0 Å². The van der Waals surface area contributed by atoms with Crippen LogP contribution in [-0.4, -0.2) is 19.7 Å². The third kappa shape index (κ3) is 1.97. The van der Waals surface area contributed by atoms with Gasteiger partial charge in [0, 0.05) is 0 Å². The smallest absolute Gasteiger partial charge is 0.225 e. The maximum absolute atomic E-state index is 6.13. The average Bonchev–Trinajstić information content (AvgIpc) is 2.67. The van der Waals surface area contributed by atoms with E-state index in [1.807, 2.05) is 11.6 Å². The van der Waals surface area contributed by atoms with E-state index in [2.05, 4.69) is 15.1 Å². The molecule has 2 aromatic rings. The van der Waals surface area contributed by atoms with Crippen molar-refractivity contribution in [3.8, 4) is 0 Å². The molecule has 1 saturated carbocycles. The van der Waals surface area contributed by atoms with Gasteiger partial charge in [-0.3, -0.25) is 0 Å². The molecule has 96 valence electrons. The van der Waals surface area contributed by atoms with Crippen LogP contribution in [-0.2, 0) is 0 Å². The monoisotopic (exact) mass is 284 g/mol. The molecule has 0 radical (unpaired) electrons. The number of rotatable bonds is 1. The van der Waals surface area contributed by atoms with Gasteiger partial charge >= 0.3 is 0 Å². The molecule has 0 saturated heterocycles. The van der Waals surface area contributed by atoms with Crippen LogP contribution >= 0.6 is 23.2 Å². The molecular formula is C12H14Cl2N4. The van der Waals surface area contributed by atoms with E-state index in [-0.39, 0.29) is 5.28 Å². The lowest BCUT2D eigenvalue weighted by molar-refractivity contribution is 0.335. The van der Waals surface area contributed by atoms with Crippen LogP contribution in [0.25, 0.3) is 11.0 Å². The van der Waals surface area contributed by atoms with E-state index < -0.39 is 0 Å². The van der Waals surface area contributed by atoms with Gasteiger partial charge in [0.1, 0.15) is 5.15 Å². The number of aromatic nitrogens is 4. The van der Waals surface area contributed by atoms with Gasteiger partial charge in [-0.2, -0.15) is 10.1 Å². The van der Waals surface area contributed by atoms with Gasteiger partial charge in [0.15, 0.2) is 5.65 Å². The Morgan fingerprint density at radius 3 is 2.56 bits per heavy atom. The molecule has 0 unspecified atom stereocenters. The number of hydrogen-bond donors (Lipinski definition) is 0. The normalized spacial score (nSPS) is 17.5. The summed E-state index contributed by atoms with van der Waals surface area (Å²) in [7, 11) is 0. The Balaban J connectivity index is 2.17. The predicted molar refractivity (Wildman–Crippen MR) is 72.2 cm³/mol. The van der Waals surface area contributed by atoms with Crippen molar-refractivity contribution in [3.05, 3.63) is 16.1 Å². The molecule has 0 spiro atoms. The van der Waals surface area contributed by atoms with Gasteiger partial charge < -0.3 is 0 Å². The predicted octanol–water partition coefficient (Wildman–Crippen LogP) is 3.95. The van der Waals surface area contributed by atoms with Gasteiger partial charge in [0.05, 0.1) is 17.1 Å². The first kappa shape index (κ1) is 12.2. The zero-order chi connectivity index (χ0) is 12.7. The molecule has 0 atom stereocenters. The highest BCUT2D eigenvalue weighted by molar-refractivity contribution is 6.35. The van der Waals surface area contributed by atoms with Crippen molar-refractivity contribution in [2.75, 3.05) is 0 Å². The molecule has 2 heterocycles. The summed E-state index contributed by atoms with van der Waals surface area (Å²) in [4.78, 5) is 8.29. The third-order valence-electron chi connectivity index (χ3n) is 3.58. The Kier molecular flexibility index (Phi) is 3.16. The second-order valence-electron chi connectivity index (χ2n) is 4.80. The summed E-state index contributed by atoms with van der Waals surface area (Å²) < 4.78 is 1.99. The van der Waals surface area contributed by atoms with E-state index >= 15 is 0 Å². The molecule has 3 rings (SSSR count). The minimum atomic E-state index is 0.185. The quantitative estimate of drug-likeness (QED) is 0.588. The van der Waals surface area contributed by atoms with E-state index in [1.165, 1.54) is 19.3 Å². The van der Waals surface area contributed by atoms with Gasteiger partial charge in [-0.05, 0) is 31.4 Å². The van der Waals surface area contributed by atoms with Crippen LogP contribution in [0.4, 0.5) is 0 Å². The SMILES string of the molecule is Cc1nn(C2CCCCC2)c2nc(Cl)nc(Cl)c12. The first-order valence-electron chi connectivity index (χ1n) is 6.24. The maximum Gasteiger partial charge on any atom is 0.225 e. The first-order valence-corrected chi connectivity index (χ1v) is 7.00. The van der Waals surface area contributed by atoms with Crippen molar-refractivity contribution in [3.63, 3.8) is 0 Å². The summed E-state index contributed by atoms with van der Waals surface area (Å²) in [5.74, 6) is 0. The minimum absolute atomic E-state index is 0.185. The van der Waals surface area contributed by atoms with Crippen molar-refractivity contribution in [2.45, 2.75) is 45.1 Å². The van der Waals surface area contributed by atoms with Crippen molar-refractivity contribution in [1.82, 2.24) is 19.7 Å². The molecule has 6 heteroatoms. The number of fused-ring (bicyclic) bond motifs is 1. The number of nitrogens with zero attached hydrogens (tertiary/aromatic N) is 4. The summed E-state index contributed by atoms with van der Waals surface area (Å²) in [6.45, 7) is 1.94. The topological polar surface area (TPSA) is 43.6 Å². The molecule has 1 fully saturated rings. The maximum atomic E-state index is 6.13. The standard InChI is InChI=1S/C12H14Cl2N4/c1-7-9-10(13)15-12(14)16-11(9)18(17-7)8-5-3-2-4-6-8/h8H,2-6H2,1H3. The Bertz CT molecular complexity index is 587. The fourth-order valence-corrected chi connectivity index (χ4v) is 3.22.